The van der Waals surface area contributed by atoms with Crippen LogP contribution in [0.25, 0.3) is 0 Å². The predicted octanol–water partition coefficient (Wildman–Crippen LogP) is 2.92. The van der Waals surface area contributed by atoms with E-state index >= 15 is 0 Å². The maximum Gasteiger partial charge on any atom is 0.224 e. The van der Waals surface area contributed by atoms with Crippen molar-refractivity contribution < 1.29 is 4.79 Å². The van der Waals surface area contributed by atoms with Crippen LogP contribution < -0.4 is 5.32 Å². The molecule has 0 aliphatic carbocycles. The number of amides is 1. The first kappa shape index (κ1) is 19.5. The molecule has 0 saturated carbocycles. The number of halogens is 2. The molecule has 24 heavy (non-hydrogen) atoms. The summed E-state index contributed by atoms with van der Waals surface area (Å²) in [7, 11) is 6.30. The van der Waals surface area contributed by atoms with Crippen LogP contribution in [0.3, 0.4) is 0 Å². The summed E-state index contributed by atoms with van der Waals surface area (Å²) in [5, 5.41) is 4.35. The third-order valence-electron chi connectivity index (χ3n) is 4.71. The van der Waals surface area contributed by atoms with E-state index in [4.69, 9.17) is 23.2 Å². The molecule has 0 unspecified atom stereocenters. The van der Waals surface area contributed by atoms with Crippen LogP contribution in [0.5, 0.6) is 0 Å². The van der Waals surface area contributed by atoms with E-state index in [0.29, 0.717) is 29.1 Å². The van der Waals surface area contributed by atoms with Gasteiger partial charge >= 0.3 is 0 Å². The monoisotopic (exact) mass is 371 g/mol. The van der Waals surface area contributed by atoms with Crippen molar-refractivity contribution in [3.8, 4) is 0 Å². The Bertz CT molecular complexity index is 565. The Kier molecular flexibility index (Phi) is 7.35. The summed E-state index contributed by atoms with van der Waals surface area (Å²) < 4.78 is 0. The van der Waals surface area contributed by atoms with Crippen molar-refractivity contribution in [1.29, 1.82) is 0 Å². The smallest absolute Gasteiger partial charge is 0.224 e. The van der Waals surface area contributed by atoms with Gasteiger partial charge in [-0.15, -0.1) is 0 Å². The summed E-state index contributed by atoms with van der Waals surface area (Å²) in [6.07, 6.45) is 2.70. The lowest BCUT2D eigenvalue weighted by Gasteiger charge is -2.25. The number of hydrogen-bond donors (Lipinski definition) is 1. The van der Waals surface area contributed by atoms with Gasteiger partial charge in [0.15, 0.2) is 0 Å². The summed E-state index contributed by atoms with van der Waals surface area (Å²) >= 11 is 12.1. The maximum absolute atomic E-state index is 12.5. The van der Waals surface area contributed by atoms with E-state index in [2.05, 4.69) is 36.3 Å². The number of benzene rings is 1. The Balaban J connectivity index is 1.83. The molecule has 2 rings (SSSR count). The maximum atomic E-state index is 12.5. The molecule has 0 aromatic heterocycles. The fourth-order valence-corrected chi connectivity index (χ4v) is 3.71. The van der Waals surface area contributed by atoms with Crippen LogP contribution in [-0.2, 0) is 11.2 Å². The van der Waals surface area contributed by atoms with E-state index in [9.17, 15) is 4.79 Å². The molecule has 1 heterocycles. The Morgan fingerprint density at radius 1 is 1.29 bits per heavy atom. The lowest BCUT2D eigenvalue weighted by molar-refractivity contribution is -0.125. The van der Waals surface area contributed by atoms with Gasteiger partial charge in [-0.25, -0.2) is 0 Å². The minimum absolute atomic E-state index is 0.0561. The molecule has 1 aromatic carbocycles. The van der Waals surface area contributed by atoms with E-state index in [-0.39, 0.29) is 11.8 Å². The minimum Gasteiger partial charge on any atom is -0.355 e. The van der Waals surface area contributed by atoms with Gasteiger partial charge in [-0.2, -0.15) is 0 Å². The van der Waals surface area contributed by atoms with Gasteiger partial charge in [0.25, 0.3) is 0 Å². The predicted molar refractivity (Wildman–Crippen MR) is 101 cm³/mol. The standard InChI is InChI=1S/C18H27Cl2N3O/c1-22(2)16-7-5-14(11-23(3)12-16)18(24)21-9-8-13-4-6-15(19)10-17(13)20/h4,6,10,14,16H,5,7-9,11-12H2,1-3H3,(H,21,24)/t14-,16+/m1/s1. The van der Waals surface area contributed by atoms with Gasteiger partial charge in [-0.05, 0) is 58.1 Å². The molecule has 1 amide bonds. The highest BCUT2D eigenvalue weighted by Crippen LogP contribution is 2.21. The second kappa shape index (κ2) is 9.04. The highest BCUT2D eigenvalue weighted by Gasteiger charge is 2.27. The van der Waals surface area contributed by atoms with Crippen molar-refractivity contribution >= 4 is 29.1 Å². The molecule has 0 spiro atoms. The molecule has 1 saturated heterocycles. The third kappa shape index (κ3) is 5.62. The largest absolute Gasteiger partial charge is 0.355 e. The van der Waals surface area contributed by atoms with Gasteiger partial charge in [0.2, 0.25) is 5.91 Å². The zero-order valence-corrected chi connectivity index (χ0v) is 16.2. The van der Waals surface area contributed by atoms with Gasteiger partial charge in [0.1, 0.15) is 0 Å². The molecule has 1 N–H and O–H groups in total. The number of carbonyl (C=O) groups is 1. The Labute approximate surface area is 155 Å². The normalized spacial score (nSPS) is 22.4. The molecule has 1 aliphatic heterocycles. The molecule has 6 heteroatoms. The van der Waals surface area contributed by atoms with Crippen molar-refractivity contribution in [3.05, 3.63) is 33.8 Å². The molecule has 134 valence electrons. The van der Waals surface area contributed by atoms with E-state index in [1.54, 1.807) is 6.07 Å². The Morgan fingerprint density at radius 3 is 2.71 bits per heavy atom. The molecular weight excluding hydrogens is 345 g/mol. The summed E-state index contributed by atoms with van der Waals surface area (Å²) in [6, 6.07) is 5.99. The summed E-state index contributed by atoms with van der Waals surface area (Å²) in [4.78, 5) is 17.0. The van der Waals surface area contributed by atoms with Gasteiger partial charge in [0, 0.05) is 35.7 Å². The van der Waals surface area contributed by atoms with Gasteiger partial charge in [-0.3, -0.25) is 4.79 Å². The zero-order valence-electron chi connectivity index (χ0n) is 14.7. The molecule has 4 nitrogen and oxygen atoms in total. The molecular formula is C18H27Cl2N3O. The number of nitrogens with one attached hydrogen (secondary N) is 1. The number of nitrogens with zero attached hydrogens (tertiary/aromatic N) is 2. The number of carbonyl (C=O) groups excluding carboxylic acids is 1. The average Bonchev–Trinajstić information content (AvgIpc) is 2.71. The molecule has 1 aliphatic rings. The Hall–Kier alpha value is -0.810. The highest BCUT2D eigenvalue weighted by molar-refractivity contribution is 6.35. The van der Waals surface area contributed by atoms with Crippen molar-refractivity contribution in [2.45, 2.75) is 25.3 Å². The zero-order chi connectivity index (χ0) is 17.7. The first-order valence-electron chi connectivity index (χ1n) is 8.43. The molecule has 1 aromatic rings. The second-order valence-electron chi connectivity index (χ2n) is 6.89. The average molecular weight is 372 g/mol. The van der Waals surface area contributed by atoms with E-state index in [0.717, 1.165) is 31.5 Å². The fraction of sp³-hybridized carbons (Fsp3) is 0.611. The van der Waals surface area contributed by atoms with Crippen LogP contribution in [0.15, 0.2) is 18.2 Å². The second-order valence-corrected chi connectivity index (χ2v) is 7.73. The first-order chi connectivity index (χ1) is 11.4. The summed E-state index contributed by atoms with van der Waals surface area (Å²) in [5.41, 5.74) is 1.01. The minimum atomic E-state index is 0.0561. The van der Waals surface area contributed by atoms with E-state index in [1.165, 1.54) is 0 Å². The number of likely N-dealkylation sites (tertiary alicyclic amines) is 1. The molecule has 0 radical (unpaired) electrons. The van der Waals surface area contributed by atoms with Crippen LogP contribution in [0.4, 0.5) is 0 Å². The topological polar surface area (TPSA) is 35.6 Å². The van der Waals surface area contributed by atoms with Crippen LogP contribution >= 0.6 is 23.2 Å². The first-order valence-corrected chi connectivity index (χ1v) is 9.19. The highest BCUT2D eigenvalue weighted by atomic mass is 35.5. The van der Waals surface area contributed by atoms with Crippen molar-refractivity contribution in [2.75, 3.05) is 40.8 Å². The van der Waals surface area contributed by atoms with Gasteiger partial charge in [-0.1, -0.05) is 29.3 Å². The molecule has 2 atom stereocenters. The lowest BCUT2D eigenvalue weighted by Crippen LogP contribution is -2.39. The number of hydrogen-bond acceptors (Lipinski definition) is 3. The quantitative estimate of drug-likeness (QED) is 0.863. The fourth-order valence-electron chi connectivity index (χ4n) is 3.21. The lowest BCUT2D eigenvalue weighted by atomic mass is 10.0. The van der Waals surface area contributed by atoms with Crippen LogP contribution in [0, 0.1) is 5.92 Å². The number of rotatable bonds is 5. The van der Waals surface area contributed by atoms with Crippen LogP contribution in [0.1, 0.15) is 18.4 Å². The van der Waals surface area contributed by atoms with Crippen molar-refractivity contribution in [1.82, 2.24) is 15.1 Å². The van der Waals surface area contributed by atoms with Crippen LogP contribution in [-0.4, -0.2) is 62.5 Å². The van der Waals surface area contributed by atoms with E-state index < -0.39 is 0 Å². The third-order valence-corrected chi connectivity index (χ3v) is 5.30. The summed E-state index contributed by atoms with van der Waals surface area (Å²) in [5.74, 6) is 0.201. The molecule has 0 bridgehead atoms. The van der Waals surface area contributed by atoms with Crippen molar-refractivity contribution in [3.63, 3.8) is 0 Å². The van der Waals surface area contributed by atoms with E-state index in [1.807, 2.05) is 12.1 Å². The number of likely N-dealkylation sites (N-methyl/N-ethyl adjacent to an activating group) is 2. The van der Waals surface area contributed by atoms with Crippen molar-refractivity contribution in [2.24, 2.45) is 5.92 Å². The van der Waals surface area contributed by atoms with Gasteiger partial charge in [0.05, 0.1) is 5.92 Å². The SMILES string of the molecule is CN1C[C@H](C(=O)NCCc2ccc(Cl)cc2Cl)CC[C@H](N(C)C)C1. The summed E-state index contributed by atoms with van der Waals surface area (Å²) in [6.45, 7) is 2.42. The van der Waals surface area contributed by atoms with Crippen LogP contribution in [0.2, 0.25) is 10.0 Å². The Morgan fingerprint density at radius 2 is 2.04 bits per heavy atom. The molecule has 1 fully saturated rings. The van der Waals surface area contributed by atoms with Gasteiger partial charge < -0.3 is 15.1 Å².